The van der Waals surface area contributed by atoms with Crippen LogP contribution in [-0.4, -0.2) is 12.8 Å². The van der Waals surface area contributed by atoms with Gasteiger partial charge in [0.15, 0.2) is 0 Å². The van der Waals surface area contributed by atoms with E-state index in [4.69, 9.17) is 0 Å². The van der Waals surface area contributed by atoms with Gasteiger partial charge < -0.3 is 5.43 Å². The van der Waals surface area contributed by atoms with E-state index in [1.54, 1.807) is 6.21 Å². The smallest absolute Gasteiger partial charge is 0.0329 e. The van der Waals surface area contributed by atoms with Gasteiger partial charge >= 0.3 is 0 Å². The molecule has 0 saturated carbocycles. The molecule has 9 heavy (non-hydrogen) atoms. The van der Waals surface area contributed by atoms with Gasteiger partial charge in [-0.1, -0.05) is 19.8 Å². The molecule has 0 aromatic rings. The van der Waals surface area contributed by atoms with Crippen molar-refractivity contribution in [1.29, 1.82) is 0 Å². The van der Waals surface area contributed by atoms with Crippen LogP contribution in [0.15, 0.2) is 5.10 Å². The summed E-state index contributed by atoms with van der Waals surface area (Å²) in [7, 11) is 0. The van der Waals surface area contributed by atoms with Crippen molar-refractivity contribution in [3.05, 3.63) is 0 Å². The van der Waals surface area contributed by atoms with Crippen molar-refractivity contribution in [2.24, 2.45) is 5.10 Å². The lowest BCUT2D eigenvalue weighted by atomic mass is 10.3. The van der Waals surface area contributed by atoms with Gasteiger partial charge in [0, 0.05) is 12.8 Å². The normalized spacial score (nSPS) is 10.4. The van der Waals surface area contributed by atoms with Crippen molar-refractivity contribution >= 4 is 6.21 Å². The van der Waals surface area contributed by atoms with Crippen LogP contribution in [0.2, 0.25) is 0 Å². The van der Waals surface area contributed by atoms with Gasteiger partial charge in [-0.15, -0.1) is 0 Å². The summed E-state index contributed by atoms with van der Waals surface area (Å²) >= 11 is 0. The van der Waals surface area contributed by atoms with Gasteiger partial charge in [0.05, 0.1) is 0 Å². The lowest BCUT2D eigenvalue weighted by Gasteiger charge is -1.96. The summed E-state index contributed by atoms with van der Waals surface area (Å²) in [6.45, 7) is 5.12. The van der Waals surface area contributed by atoms with E-state index < -0.39 is 0 Å². The molecule has 0 bridgehead atoms. The molecule has 1 N–H and O–H groups in total. The zero-order valence-corrected chi connectivity index (χ0v) is 6.35. The van der Waals surface area contributed by atoms with E-state index in [2.05, 4.69) is 17.5 Å². The summed E-state index contributed by atoms with van der Waals surface area (Å²) < 4.78 is 0. The number of hydrogen-bond donors (Lipinski definition) is 1. The predicted molar refractivity (Wildman–Crippen MR) is 41.7 cm³/mol. The highest BCUT2D eigenvalue weighted by Gasteiger charge is 1.80. The molecule has 0 aliphatic carbocycles. The fourth-order valence-corrected chi connectivity index (χ4v) is 0.610. The van der Waals surface area contributed by atoms with E-state index in [1.165, 1.54) is 19.3 Å². The number of hydrazone groups is 1. The molecule has 0 aromatic heterocycles. The van der Waals surface area contributed by atoms with Crippen LogP contribution in [0.4, 0.5) is 0 Å². The third-order valence-corrected chi connectivity index (χ3v) is 1.11. The fourth-order valence-electron chi connectivity index (χ4n) is 0.610. The van der Waals surface area contributed by atoms with Gasteiger partial charge in [-0.2, -0.15) is 5.10 Å². The van der Waals surface area contributed by atoms with Gasteiger partial charge in [0.1, 0.15) is 0 Å². The molecule has 0 heterocycles. The Morgan fingerprint density at radius 3 is 2.78 bits per heavy atom. The second-order valence-electron chi connectivity index (χ2n) is 2.00. The molecule has 54 valence electrons. The van der Waals surface area contributed by atoms with Crippen molar-refractivity contribution in [2.75, 3.05) is 6.54 Å². The highest BCUT2D eigenvalue weighted by atomic mass is 15.3. The predicted octanol–water partition coefficient (Wildman–Crippen LogP) is 1.77. The van der Waals surface area contributed by atoms with Crippen LogP contribution in [0.1, 0.15) is 33.1 Å². The molecular formula is C7H16N2. The molecule has 0 amide bonds. The summed E-state index contributed by atoms with van der Waals surface area (Å²) in [5.41, 5.74) is 2.94. The lowest BCUT2D eigenvalue weighted by Crippen LogP contribution is -2.06. The van der Waals surface area contributed by atoms with Crippen LogP contribution in [-0.2, 0) is 0 Å². The molecule has 0 aliphatic heterocycles. The minimum atomic E-state index is 1.01. The minimum absolute atomic E-state index is 1.01. The zero-order valence-electron chi connectivity index (χ0n) is 6.35. The van der Waals surface area contributed by atoms with Crippen LogP contribution < -0.4 is 5.43 Å². The molecule has 0 spiro atoms. The summed E-state index contributed by atoms with van der Waals surface area (Å²) in [6.07, 6.45) is 5.57. The highest BCUT2D eigenvalue weighted by Crippen LogP contribution is 1.90. The molecule has 0 fully saturated rings. The molecule has 0 atom stereocenters. The second-order valence-corrected chi connectivity index (χ2v) is 2.00. The van der Waals surface area contributed by atoms with Gasteiger partial charge in [-0.3, -0.25) is 0 Å². The summed E-state index contributed by atoms with van der Waals surface area (Å²) in [5, 5.41) is 3.87. The van der Waals surface area contributed by atoms with E-state index in [9.17, 15) is 0 Å². The van der Waals surface area contributed by atoms with Crippen molar-refractivity contribution in [3.63, 3.8) is 0 Å². The van der Waals surface area contributed by atoms with Crippen molar-refractivity contribution in [1.82, 2.24) is 5.43 Å². The van der Waals surface area contributed by atoms with Gasteiger partial charge in [-0.05, 0) is 13.3 Å². The Morgan fingerprint density at radius 1 is 1.44 bits per heavy atom. The lowest BCUT2D eigenvalue weighted by molar-refractivity contribution is 0.640. The monoisotopic (exact) mass is 128 g/mol. The number of nitrogens with zero attached hydrogens (tertiary/aromatic N) is 1. The van der Waals surface area contributed by atoms with E-state index in [0.717, 1.165) is 6.54 Å². The quantitative estimate of drug-likeness (QED) is 0.340. The Balaban J connectivity index is 2.75. The first-order chi connectivity index (χ1) is 4.41. The molecule has 0 aromatic carbocycles. The molecule has 0 aliphatic rings. The first-order valence-electron chi connectivity index (χ1n) is 3.62. The Hall–Kier alpha value is -0.530. The van der Waals surface area contributed by atoms with E-state index in [1.807, 2.05) is 6.92 Å². The summed E-state index contributed by atoms with van der Waals surface area (Å²) in [4.78, 5) is 0. The van der Waals surface area contributed by atoms with Crippen LogP contribution in [0.3, 0.4) is 0 Å². The Bertz CT molecular complexity index is 69.3. The summed E-state index contributed by atoms with van der Waals surface area (Å²) in [6, 6.07) is 0. The van der Waals surface area contributed by atoms with Crippen LogP contribution in [0, 0.1) is 0 Å². The Kier molecular flexibility index (Phi) is 7.03. The number of rotatable bonds is 5. The van der Waals surface area contributed by atoms with E-state index in [-0.39, 0.29) is 0 Å². The average Bonchev–Trinajstić information content (AvgIpc) is 1.89. The average molecular weight is 128 g/mol. The van der Waals surface area contributed by atoms with Crippen LogP contribution >= 0.6 is 0 Å². The third kappa shape index (κ3) is 7.47. The SMILES string of the molecule is CC=NNCCCCC. The van der Waals surface area contributed by atoms with Gasteiger partial charge in [0.25, 0.3) is 0 Å². The van der Waals surface area contributed by atoms with Gasteiger partial charge in [-0.25, -0.2) is 0 Å². The van der Waals surface area contributed by atoms with Crippen molar-refractivity contribution in [3.8, 4) is 0 Å². The maximum absolute atomic E-state index is 3.87. The zero-order chi connectivity index (χ0) is 6.95. The van der Waals surface area contributed by atoms with E-state index >= 15 is 0 Å². The first kappa shape index (κ1) is 8.47. The first-order valence-corrected chi connectivity index (χ1v) is 3.62. The Morgan fingerprint density at radius 2 is 2.22 bits per heavy atom. The third-order valence-electron chi connectivity index (χ3n) is 1.11. The molecule has 2 nitrogen and oxygen atoms in total. The van der Waals surface area contributed by atoms with Crippen molar-refractivity contribution < 1.29 is 0 Å². The van der Waals surface area contributed by atoms with E-state index in [0.29, 0.717) is 0 Å². The maximum Gasteiger partial charge on any atom is 0.0329 e. The standard InChI is InChI=1S/C7H16N2/c1-3-5-6-7-9-8-4-2/h4,9H,3,5-7H2,1-2H3. The highest BCUT2D eigenvalue weighted by molar-refractivity contribution is 5.52. The van der Waals surface area contributed by atoms with Crippen LogP contribution in [0.25, 0.3) is 0 Å². The largest absolute Gasteiger partial charge is 0.310 e. The maximum atomic E-state index is 3.87. The second kappa shape index (κ2) is 7.47. The molecule has 0 rings (SSSR count). The molecule has 2 heteroatoms. The minimum Gasteiger partial charge on any atom is -0.310 e. The number of hydrogen-bond acceptors (Lipinski definition) is 2. The number of unbranched alkanes of at least 4 members (excludes halogenated alkanes) is 2. The Labute approximate surface area is 57.3 Å². The van der Waals surface area contributed by atoms with Crippen LogP contribution in [0.5, 0.6) is 0 Å². The number of nitrogens with one attached hydrogen (secondary N) is 1. The molecule has 0 saturated heterocycles. The molecular weight excluding hydrogens is 112 g/mol. The van der Waals surface area contributed by atoms with Gasteiger partial charge in [0.2, 0.25) is 0 Å². The summed E-state index contributed by atoms with van der Waals surface area (Å²) in [5.74, 6) is 0. The molecule has 0 radical (unpaired) electrons. The fraction of sp³-hybridized carbons (Fsp3) is 0.857. The molecule has 0 unspecified atom stereocenters. The topological polar surface area (TPSA) is 24.4 Å². The van der Waals surface area contributed by atoms with Crippen molar-refractivity contribution in [2.45, 2.75) is 33.1 Å².